The van der Waals surface area contributed by atoms with Crippen molar-refractivity contribution in [2.75, 3.05) is 12.1 Å². The molecule has 11 heavy (non-hydrogen) atoms. The summed E-state index contributed by atoms with van der Waals surface area (Å²) in [6.45, 7) is 3.89. The number of hydrogen-bond donors (Lipinski definition) is 1. The molecule has 2 rings (SSSR count). The fraction of sp³-hybridized carbons (Fsp3) is 0.111. The third kappa shape index (κ3) is 0.792. The second-order valence-electron chi connectivity index (χ2n) is 2.67. The van der Waals surface area contributed by atoms with E-state index >= 15 is 0 Å². The van der Waals surface area contributed by atoms with E-state index in [-0.39, 0.29) is 0 Å². The molecule has 0 saturated heterocycles. The molecule has 2 nitrogen and oxygen atoms in total. The van der Waals surface area contributed by atoms with Crippen molar-refractivity contribution in [1.82, 2.24) is 5.43 Å². The van der Waals surface area contributed by atoms with E-state index in [0.29, 0.717) is 0 Å². The highest BCUT2D eigenvalue weighted by atomic mass is 15.5. The Morgan fingerprint density at radius 2 is 2.09 bits per heavy atom. The summed E-state index contributed by atoms with van der Waals surface area (Å²) in [5.74, 6) is 0. The lowest BCUT2D eigenvalue weighted by Crippen LogP contribution is -2.25. The van der Waals surface area contributed by atoms with Crippen molar-refractivity contribution in [2.24, 2.45) is 0 Å². The summed E-state index contributed by atoms with van der Waals surface area (Å²) in [6.07, 6.45) is 0. The first kappa shape index (κ1) is 6.28. The second kappa shape index (κ2) is 2.02. The van der Waals surface area contributed by atoms with E-state index in [2.05, 4.69) is 24.1 Å². The monoisotopic (exact) mass is 146 g/mol. The Hall–Kier alpha value is -1.44. The molecule has 1 N–H and O–H groups in total. The van der Waals surface area contributed by atoms with Gasteiger partial charge in [0, 0.05) is 12.6 Å². The van der Waals surface area contributed by atoms with Crippen molar-refractivity contribution < 1.29 is 0 Å². The molecule has 1 aliphatic heterocycles. The van der Waals surface area contributed by atoms with Crippen LogP contribution in [0.15, 0.2) is 30.8 Å². The predicted octanol–water partition coefficient (Wildman–Crippen LogP) is 1.61. The number of hydrogen-bond acceptors (Lipinski definition) is 2. The largest absolute Gasteiger partial charge is 0.299 e. The Morgan fingerprint density at radius 1 is 1.36 bits per heavy atom. The highest BCUT2D eigenvalue weighted by molar-refractivity contribution is 5.80. The molecular formula is C9H10N2. The number of benzene rings is 1. The SMILES string of the molecule is C=C1NN(C)c2ccccc21. The summed E-state index contributed by atoms with van der Waals surface area (Å²) < 4.78 is 0. The molecule has 0 bridgehead atoms. The van der Waals surface area contributed by atoms with Crippen LogP contribution in [0.1, 0.15) is 5.56 Å². The van der Waals surface area contributed by atoms with E-state index in [1.807, 2.05) is 24.2 Å². The number of hydrazine groups is 1. The van der Waals surface area contributed by atoms with Crippen molar-refractivity contribution in [1.29, 1.82) is 0 Å². The van der Waals surface area contributed by atoms with Crippen LogP contribution in [-0.4, -0.2) is 7.05 Å². The van der Waals surface area contributed by atoms with Gasteiger partial charge in [0.05, 0.1) is 11.4 Å². The van der Waals surface area contributed by atoms with Crippen molar-refractivity contribution in [3.05, 3.63) is 36.4 Å². The smallest absolute Gasteiger partial charge is 0.0662 e. The molecule has 0 spiro atoms. The van der Waals surface area contributed by atoms with E-state index in [1.54, 1.807) is 0 Å². The van der Waals surface area contributed by atoms with E-state index in [9.17, 15) is 0 Å². The summed E-state index contributed by atoms with van der Waals surface area (Å²) >= 11 is 0. The zero-order chi connectivity index (χ0) is 7.84. The van der Waals surface area contributed by atoms with Crippen LogP contribution >= 0.6 is 0 Å². The van der Waals surface area contributed by atoms with Gasteiger partial charge in [-0.1, -0.05) is 24.8 Å². The van der Waals surface area contributed by atoms with Gasteiger partial charge in [0.1, 0.15) is 0 Å². The lowest BCUT2D eigenvalue weighted by molar-refractivity contribution is 0.897. The van der Waals surface area contributed by atoms with Crippen molar-refractivity contribution in [3.63, 3.8) is 0 Å². The van der Waals surface area contributed by atoms with Crippen molar-refractivity contribution in [3.8, 4) is 0 Å². The zero-order valence-electron chi connectivity index (χ0n) is 6.46. The molecule has 1 aromatic rings. The van der Waals surface area contributed by atoms with Crippen LogP contribution in [0.4, 0.5) is 5.69 Å². The van der Waals surface area contributed by atoms with Crippen LogP contribution in [0.2, 0.25) is 0 Å². The molecule has 2 heteroatoms. The lowest BCUT2D eigenvalue weighted by atomic mass is 10.1. The minimum absolute atomic E-state index is 0.975. The highest BCUT2D eigenvalue weighted by Crippen LogP contribution is 2.28. The van der Waals surface area contributed by atoms with Crippen molar-refractivity contribution >= 4 is 11.4 Å². The third-order valence-corrected chi connectivity index (χ3v) is 1.89. The van der Waals surface area contributed by atoms with Gasteiger partial charge < -0.3 is 0 Å². The predicted molar refractivity (Wildman–Crippen MR) is 47.0 cm³/mol. The summed E-state index contributed by atoms with van der Waals surface area (Å²) in [4.78, 5) is 0. The van der Waals surface area contributed by atoms with Gasteiger partial charge in [-0.3, -0.25) is 10.4 Å². The number of nitrogens with zero attached hydrogens (tertiary/aromatic N) is 1. The fourth-order valence-corrected chi connectivity index (χ4v) is 1.34. The van der Waals surface area contributed by atoms with Gasteiger partial charge in [0.2, 0.25) is 0 Å². The summed E-state index contributed by atoms with van der Waals surface area (Å²) in [7, 11) is 1.98. The van der Waals surface area contributed by atoms with Gasteiger partial charge in [0.15, 0.2) is 0 Å². The van der Waals surface area contributed by atoms with E-state index in [0.717, 1.165) is 5.70 Å². The van der Waals surface area contributed by atoms with Gasteiger partial charge >= 0.3 is 0 Å². The van der Waals surface area contributed by atoms with Crippen LogP contribution in [0, 0.1) is 0 Å². The Labute approximate surface area is 66.1 Å². The molecule has 56 valence electrons. The molecule has 0 fully saturated rings. The first-order valence-electron chi connectivity index (χ1n) is 3.58. The van der Waals surface area contributed by atoms with Gasteiger partial charge in [-0.2, -0.15) is 0 Å². The molecule has 1 aliphatic rings. The Kier molecular flexibility index (Phi) is 1.15. The van der Waals surface area contributed by atoms with Crippen molar-refractivity contribution in [2.45, 2.75) is 0 Å². The molecule has 0 amide bonds. The minimum atomic E-state index is 0.975. The van der Waals surface area contributed by atoms with Gasteiger partial charge in [-0.15, -0.1) is 0 Å². The quantitative estimate of drug-likeness (QED) is 0.598. The molecule has 0 saturated carbocycles. The van der Waals surface area contributed by atoms with Crippen LogP contribution < -0.4 is 10.4 Å². The third-order valence-electron chi connectivity index (χ3n) is 1.89. The fourth-order valence-electron chi connectivity index (χ4n) is 1.34. The molecule has 0 atom stereocenters. The molecule has 1 aromatic carbocycles. The summed E-state index contributed by atoms with van der Waals surface area (Å²) in [6, 6.07) is 8.18. The Bertz CT molecular complexity index is 304. The minimum Gasteiger partial charge on any atom is -0.299 e. The summed E-state index contributed by atoms with van der Waals surface area (Å²) in [5, 5.41) is 1.97. The van der Waals surface area contributed by atoms with Crippen LogP contribution in [0.3, 0.4) is 0 Å². The lowest BCUT2D eigenvalue weighted by Gasteiger charge is -2.11. The number of rotatable bonds is 0. The second-order valence-corrected chi connectivity index (χ2v) is 2.67. The first-order chi connectivity index (χ1) is 5.29. The average Bonchev–Trinajstić information content (AvgIpc) is 2.30. The first-order valence-corrected chi connectivity index (χ1v) is 3.58. The molecule has 0 radical (unpaired) electrons. The van der Waals surface area contributed by atoms with E-state index in [4.69, 9.17) is 0 Å². The molecule has 0 aliphatic carbocycles. The number of fused-ring (bicyclic) bond motifs is 1. The number of anilines is 1. The molecule has 0 unspecified atom stereocenters. The van der Waals surface area contributed by atoms with E-state index in [1.165, 1.54) is 11.3 Å². The van der Waals surface area contributed by atoms with E-state index < -0.39 is 0 Å². The van der Waals surface area contributed by atoms with Crippen LogP contribution in [0.25, 0.3) is 5.70 Å². The normalized spacial score (nSPS) is 14.6. The van der Waals surface area contributed by atoms with Gasteiger partial charge in [-0.25, -0.2) is 0 Å². The highest BCUT2D eigenvalue weighted by Gasteiger charge is 2.16. The molecule has 1 heterocycles. The topological polar surface area (TPSA) is 15.3 Å². The number of nitrogens with one attached hydrogen (secondary N) is 1. The standard InChI is InChI=1S/C9H10N2/c1-7-8-5-3-4-6-9(8)11(2)10-7/h3-6,10H,1H2,2H3. The summed E-state index contributed by atoms with van der Waals surface area (Å²) in [5.41, 5.74) is 6.48. The maximum absolute atomic E-state index is 3.89. The molecular weight excluding hydrogens is 136 g/mol. The van der Waals surface area contributed by atoms with Gasteiger partial charge in [-0.05, 0) is 6.07 Å². The number of para-hydroxylation sites is 1. The Morgan fingerprint density at radius 3 is 2.82 bits per heavy atom. The van der Waals surface area contributed by atoms with Crippen LogP contribution in [-0.2, 0) is 0 Å². The average molecular weight is 146 g/mol. The molecule has 0 aromatic heterocycles. The van der Waals surface area contributed by atoms with Gasteiger partial charge in [0.25, 0.3) is 0 Å². The maximum atomic E-state index is 3.89. The Balaban J connectivity index is 2.60. The maximum Gasteiger partial charge on any atom is 0.0662 e. The zero-order valence-corrected chi connectivity index (χ0v) is 6.46. The van der Waals surface area contributed by atoms with Crippen LogP contribution in [0.5, 0.6) is 0 Å².